The molecule has 0 unspecified atom stereocenters. The molecule has 1 N–H and O–H groups in total. The van der Waals surface area contributed by atoms with E-state index in [1.54, 1.807) is 6.20 Å². The molecule has 0 radical (unpaired) electrons. The zero-order chi connectivity index (χ0) is 12.4. The number of anilines is 1. The first-order valence-electron chi connectivity index (χ1n) is 4.72. The fourth-order valence-corrected chi connectivity index (χ4v) is 2.76. The van der Waals surface area contributed by atoms with Crippen LogP contribution in [0.25, 0.3) is 0 Å². The van der Waals surface area contributed by atoms with Crippen molar-refractivity contribution in [2.45, 2.75) is 13.5 Å². The largest absolute Gasteiger partial charge is 0.379 e. The molecule has 0 spiro atoms. The predicted molar refractivity (Wildman–Crippen MR) is 73.4 cm³/mol. The number of halogens is 3. The highest BCUT2D eigenvalue weighted by molar-refractivity contribution is 7.15. The van der Waals surface area contributed by atoms with Crippen LogP contribution < -0.4 is 5.32 Å². The molecule has 0 aromatic carbocycles. The van der Waals surface area contributed by atoms with Crippen LogP contribution in [-0.2, 0) is 6.54 Å². The highest BCUT2D eigenvalue weighted by Crippen LogP contribution is 2.32. The van der Waals surface area contributed by atoms with Crippen LogP contribution in [0, 0.1) is 6.92 Å². The van der Waals surface area contributed by atoms with Crippen molar-refractivity contribution < 1.29 is 0 Å². The van der Waals surface area contributed by atoms with E-state index in [2.05, 4.69) is 15.3 Å². The summed E-state index contributed by atoms with van der Waals surface area (Å²) in [4.78, 5) is 7.75. The summed E-state index contributed by atoms with van der Waals surface area (Å²) in [5.41, 5.74) is 2.80. The summed E-state index contributed by atoms with van der Waals surface area (Å²) in [5, 5.41) is 5.69. The van der Waals surface area contributed by atoms with Crippen molar-refractivity contribution in [1.29, 1.82) is 0 Å². The minimum Gasteiger partial charge on any atom is -0.379 e. The molecule has 2 rings (SSSR count). The van der Waals surface area contributed by atoms with Gasteiger partial charge in [-0.3, -0.25) is 0 Å². The number of thiophene rings is 1. The van der Waals surface area contributed by atoms with E-state index < -0.39 is 0 Å². The monoisotopic (exact) mass is 307 g/mol. The van der Waals surface area contributed by atoms with E-state index >= 15 is 0 Å². The Kier molecular flexibility index (Phi) is 4.09. The van der Waals surface area contributed by atoms with Crippen LogP contribution >= 0.6 is 46.1 Å². The molecule has 0 saturated heterocycles. The van der Waals surface area contributed by atoms with Crippen LogP contribution in [0.15, 0.2) is 11.6 Å². The first kappa shape index (κ1) is 12.9. The smallest absolute Gasteiger partial charge is 0.223 e. The predicted octanol–water partition coefficient (Wildman–Crippen LogP) is 4.42. The zero-order valence-corrected chi connectivity index (χ0v) is 11.9. The van der Waals surface area contributed by atoms with E-state index in [-0.39, 0.29) is 5.28 Å². The lowest BCUT2D eigenvalue weighted by Crippen LogP contribution is -2.02. The summed E-state index contributed by atoms with van der Waals surface area (Å²) in [5.74, 6) is 0. The van der Waals surface area contributed by atoms with Crippen LogP contribution in [0.2, 0.25) is 14.8 Å². The van der Waals surface area contributed by atoms with Gasteiger partial charge in [0.25, 0.3) is 0 Å². The average Bonchev–Trinajstić information content (AvgIpc) is 2.58. The number of rotatable bonds is 3. The molecule has 17 heavy (non-hydrogen) atoms. The minimum atomic E-state index is 0.142. The SMILES string of the molecule is Cc1csc(Cl)c1NCc1cnc(Cl)nc1Cl. The Morgan fingerprint density at radius 3 is 2.71 bits per heavy atom. The Morgan fingerprint density at radius 1 is 1.35 bits per heavy atom. The van der Waals surface area contributed by atoms with E-state index in [1.165, 1.54) is 11.3 Å². The summed E-state index contributed by atoms with van der Waals surface area (Å²) in [6, 6.07) is 0. The number of nitrogens with zero attached hydrogens (tertiary/aromatic N) is 2. The molecular formula is C10H8Cl3N3S. The van der Waals surface area contributed by atoms with Crippen molar-refractivity contribution in [2.24, 2.45) is 0 Å². The zero-order valence-electron chi connectivity index (χ0n) is 8.80. The topological polar surface area (TPSA) is 37.8 Å². The van der Waals surface area contributed by atoms with Crippen LogP contribution in [0.1, 0.15) is 11.1 Å². The van der Waals surface area contributed by atoms with Crippen molar-refractivity contribution in [3.63, 3.8) is 0 Å². The summed E-state index contributed by atoms with van der Waals surface area (Å²) >= 11 is 19.1. The number of aromatic nitrogens is 2. The molecule has 0 saturated carbocycles. The molecule has 0 bridgehead atoms. The van der Waals surface area contributed by atoms with Gasteiger partial charge in [0.05, 0.1) is 5.69 Å². The van der Waals surface area contributed by atoms with Gasteiger partial charge >= 0.3 is 0 Å². The van der Waals surface area contributed by atoms with Gasteiger partial charge in [-0.15, -0.1) is 11.3 Å². The summed E-state index contributed by atoms with van der Waals surface area (Å²) in [7, 11) is 0. The highest BCUT2D eigenvalue weighted by atomic mass is 35.5. The van der Waals surface area contributed by atoms with E-state index in [4.69, 9.17) is 34.8 Å². The van der Waals surface area contributed by atoms with Crippen LogP contribution in [-0.4, -0.2) is 9.97 Å². The van der Waals surface area contributed by atoms with Crippen LogP contribution in [0.4, 0.5) is 5.69 Å². The van der Waals surface area contributed by atoms with Crippen molar-refractivity contribution in [3.05, 3.63) is 37.5 Å². The molecular weight excluding hydrogens is 301 g/mol. The lowest BCUT2D eigenvalue weighted by Gasteiger charge is -2.07. The van der Waals surface area contributed by atoms with Gasteiger partial charge in [-0.1, -0.05) is 23.2 Å². The quantitative estimate of drug-likeness (QED) is 0.674. The Bertz CT molecular complexity index is 522. The van der Waals surface area contributed by atoms with Crippen LogP contribution in [0.5, 0.6) is 0 Å². The van der Waals surface area contributed by atoms with Gasteiger partial charge in [-0.25, -0.2) is 9.97 Å². The van der Waals surface area contributed by atoms with Crippen LogP contribution in [0.3, 0.4) is 0 Å². The molecule has 0 atom stereocenters. The van der Waals surface area contributed by atoms with Gasteiger partial charge in [0.2, 0.25) is 5.28 Å². The fraction of sp³-hybridized carbons (Fsp3) is 0.200. The van der Waals surface area contributed by atoms with E-state index in [0.29, 0.717) is 11.7 Å². The normalized spacial score (nSPS) is 10.6. The molecule has 7 heteroatoms. The van der Waals surface area contributed by atoms with Gasteiger partial charge in [-0.05, 0) is 29.5 Å². The van der Waals surface area contributed by atoms with E-state index in [9.17, 15) is 0 Å². The molecule has 2 heterocycles. The van der Waals surface area contributed by atoms with Crippen molar-refractivity contribution >= 4 is 51.8 Å². The van der Waals surface area contributed by atoms with Crippen molar-refractivity contribution in [3.8, 4) is 0 Å². The first-order valence-corrected chi connectivity index (χ1v) is 6.73. The van der Waals surface area contributed by atoms with Gasteiger partial charge in [0.1, 0.15) is 9.49 Å². The maximum atomic E-state index is 6.05. The molecule has 90 valence electrons. The summed E-state index contributed by atoms with van der Waals surface area (Å²) < 4.78 is 0.730. The van der Waals surface area contributed by atoms with Crippen molar-refractivity contribution in [2.75, 3.05) is 5.32 Å². The number of hydrogen-bond acceptors (Lipinski definition) is 4. The summed E-state index contributed by atoms with van der Waals surface area (Å²) in [6.45, 7) is 2.50. The Balaban J connectivity index is 2.13. The maximum Gasteiger partial charge on any atom is 0.223 e. The Hall–Kier alpha value is -0.550. The third-order valence-electron chi connectivity index (χ3n) is 2.17. The average molecular weight is 309 g/mol. The molecule has 0 aliphatic carbocycles. The fourth-order valence-electron chi connectivity index (χ4n) is 1.29. The first-order chi connectivity index (χ1) is 8.08. The van der Waals surface area contributed by atoms with Gasteiger partial charge in [0.15, 0.2) is 0 Å². The van der Waals surface area contributed by atoms with Gasteiger partial charge < -0.3 is 5.32 Å². The van der Waals surface area contributed by atoms with Gasteiger partial charge in [-0.2, -0.15) is 0 Å². The summed E-state index contributed by atoms with van der Waals surface area (Å²) in [6.07, 6.45) is 1.60. The molecule has 0 aliphatic rings. The highest BCUT2D eigenvalue weighted by Gasteiger charge is 2.08. The second kappa shape index (κ2) is 5.40. The molecule has 2 aromatic heterocycles. The van der Waals surface area contributed by atoms with E-state index in [1.807, 2.05) is 12.3 Å². The van der Waals surface area contributed by atoms with Gasteiger partial charge in [0, 0.05) is 18.3 Å². The molecule has 0 fully saturated rings. The maximum absolute atomic E-state index is 6.05. The third-order valence-corrected chi connectivity index (χ3v) is 4.02. The number of aryl methyl sites for hydroxylation is 1. The lowest BCUT2D eigenvalue weighted by atomic mass is 10.3. The second-order valence-corrected chi connectivity index (χ2v) is 5.55. The minimum absolute atomic E-state index is 0.142. The van der Waals surface area contributed by atoms with Crippen molar-refractivity contribution in [1.82, 2.24) is 9.97 Å². The molecule has 0 aliphatic heterocycles. The molecule has 3 nitrogen and oxygen atoms in total. The molecule has 0 amide bonds. The number of hydrogen-bond donors (Lipinski definition) is 1. The Morgan fingerprint density at radius 2 is 2.12 bits per heavy atom. The molecule has 2 aromatic rings. The second-order valence-electron chi connectivity index (χ2n) is 3.38. The van der Waals surface area contributed by atoms with E-state index in [0.717, 1.165) is 21.2 Å². The lowest BCUT2D eigenvalue weighted by molar-refractivity contribution is 1.05. The standard InChI is InChI=1S/C10H8Cl3N3S/c1-5-4-17-9(12)7(5)14-2-6-3-15-10(13)16-8(6)11/h3-4,14H,2H2,1H3. The number of nitrogens with one attached hydrogen (secondary N) is 1. The Labute approximate surface area is 118 Å². The third kappa shape index (κ3) is 3.01.